The fraction of sp³-hybridized carbons (Fsp3) is 0.533. The Hall–Kier alpha value is -0.980. The van der Waals surface area contributed by atoms with Crippen LogP contribution in [0.15, 0.2) is 23.1 Å². The molecule has 0 unspecified atom stereocenters. The summed E-state index contributed by atoms with van der Waals surface area (Å²) in [7, 11) is -3.41. The molecule has 1 aromatic rings. The Bertz CT molecular complexity index is 677. The SMILES string of the molecule is Cc1cc(S(=O)(=O)N(CC2CC2)C2CC2)ccc1C(N)=S. The molecule has 2 saturated carbocycles. The predicted octanol–water partition coefficient (Wildman–Crippen LogP) is 2.19. The van der Waals surface area contributed by atoms with Gasteiger partial charge in [-0.05, 0) is 56.2 Å². The number of rotatable bonds is 6. The van der Waals surface area contributed by atoms with Crippen molar-refractivity contribution in [3.63, 3.8) is 0 Å². The fourth-order valence-corrected chi connectivity index (χ4v) is 4.65. The molecule has 0 radical (unpaired) electrons. The van der Waals surface area contributed by atoms with Gasteiger partial charge in [0.1, 0.15) is 4.99 Å². The van der Waals surface area contributed by atoms with Gasteiger partial charge in [-0.25, -0.2) is 8.42 Å². The second-order valence-corrected chi connectivity index (χ2v) is 8.42. The van der Waals surface area contributed by atoms with Gasteiger partial charge in [-0.3, -0.25) is 0 Å². The van der Waals surface area contributed by atoms with Crippen molar-refractivity contribution >= 4 is 27.2 Å². The third-order valence-electron chi connectivity index (χ3n) is 4.16. The molecule has 2 N–H and O–H groups in total. The maximum atomic E-state index is 12.9. The Morgan fingerprint density at radius 2 is 2.00 bits per heavy atom. The minimum absolute atomic E-state index is 0.200. The van der Waals surface area contributed by atoms with Gasteiger partial charge >= 0.3 is 0 Å². The number of nitrogens with zero attached hydrogens (tertiary/aromatic N) is 1. The molecule has 2 aliphatic carbocycles. The zero-order valence-corrected chi connectivity index (χ0v) is 13.7. The minimum atomic E-state index is -3.41. The van der Waals surface area contributed by atoms with E-state index in [1.807, 2.05) is 6.92 Å². The molecule has 0 aliphatic heterocycles. The van der Waals surface area contributed by atoms with Crippen molar-refractivity contribution in [3.05, 3.63) is 29.3 Å². The van der Waals surface area contributed by atoms with Crippen molar-refractivity contribution in [2.24, 2.45) is 11.7 Å². The smallest absolute Gasteiger partial charge is 0.243 e. The Kier molecular flexibility index (Phi) is 3.80. The summed E-state index contributed by atoms with van der Waals surface area (Å²) in [5, 5.41) is 0. The first-order valence-corrected chi connectivity index (χ1v) is 9.16. The van der Waals surface area contributed by atoms with Gasteiger partial charge in [-0.15, -0.1) is 0 Å². The molecule has 21 heavy (non-hydrogen) atoms. The summed E-state index contributed by atoms with van der Waals surface area (Å²) in [5.41, 5.74) is 7.19. The second kappa shape index (κ2) is 5.34. The number of nitrogens with two attached hydrogens (primary N) is 1. The summed E-state index contributed by atoms with van der Waals surface area (Å²) < 4.78 is 27.5. The van der Waals surface area contributed by atoms with Gasteiger partial charge in [0, 0.05) is 18.2 Å². The van der Waals surface area contributed by atoms with E-state index in [0.717, 1.165) is 36.8 Å². The van der Waals surface area contributed by atoms with Crippen LogP contribution in [0.25, 0.3) is 0 Å². The van der Waals surface area contributed by atoms with Crippen molar-refractivity contribution in [3.8, 4) is 0 Å². The van der Waals surface area contributed by atoms with Crippen LogP contribution in [0.5, 0.6) is 0 Å². The van der Waals surface area contributed by atoms with Gasteiger partial charge in [-0.1, -0.05) is 18.3 Å². The number of thiocarbonyl (C=S) groups is 1. The molecular formula is C15H20N2O2S2. The lowest BCUT2D eigenvalue weighted by Gasteiger charge is -2.22. The Morgan fingerprint density at radius 3 is 2.48 bits per heavy atom. The van der Waals surface area contributed by atoms with Crippen LogP contribution in [0.3, 0.4) is 0 Å². The van der Waals surface area contributed by atoms with Gasteiger partial charge in [-0.2, -0.15) is 4.31 Å². The molecule has 4 nitrogen and oxygen atoms in total. The largest absolute Gasteiger partial charge is 0.389 e. The molecule has 0 aromatic heterocycles. The zero-order chi connectivity index (χ0) is 15.2. The van der Waals surface area contributed by atoms with E-state index in [-0.39, 0.29) is 6.04 Å². The van der Waals surface area contributed by atoms with Crippen LogP contribution in [0.1, 0.15) is 36.8 Å². The van der Waals surface area contributed by atoms with Crippen LogP contribution in [0, 0.1) is 12.8 Å². The van der Waals surface area contributed by atoms with Crippen molar-refractivity contribution in [1.29, 1.82) is 0 Å². The molecule has 0 saturated heterocycles. The summed E-state index contributed by atoms with van der Waals surface area (Å²) in [5.74, 6) is 0.553. The standard InChI is InChI=1S/C15H20N2O2S2/c1-10-8-13(6-7-14(10)15(16)20)21(18,19)17(12-4-5-12)9-11-2-3-11/h6-8,11-12H,2-5,9H2,1H3,(H2,16,20). The molecule has 6 heteroatoms. The third-order valence-corrected chi connectivity index (χ3v) is 6.29. The molecule has 0 amide bonds. The molecule has 0 bridgehead atoms. The minimum Gasteiger partial charge on any atom is -0.389 e. The maximum absolute atomic E-state index is 12.9. The first-order chi connectivity index (χ1) is 9.89. The van der Waals surface area contributed by atoms with Crippen LogP contribution in [-0.2, 0) is 10.0 Å². The highest BCUT2D eigenvalue weighted by molar-refractivity contribution is 7.89. The van der Waals surface area contributed by atoms with Crippen molar-refractivity contribution in [1.82, 2.24) is 4.31 Å². The predicted molar refractivity (Wildman–Crippen MR) is 86.7 cm³/mol. The quantitative estimate of drug-likeness (QED) is 0.815. The van der Waals surface area contributed by atoms with E-state index in [9.17, 15) is 8.42 Å². The Morgan fingerprint density at radius 1 is 1.33 bits per heavy atom. The van der Waals surface area contributed by atoms with E-state index >= 15 is 0 Å². The first kappa shape index (κ1) is 14.9. The fourth-order valence-electron chi connectivity index (χ4n) is 2.57. The van der Waals surface area contributed by atoms with Crippen LogP contribution in [0.4, 0.5) is 0 Å². The molecule has 1 aromatic carbocycles. The van der Waals surface area contributed by atoms with Crippen molar-refractivity contribution < 1.29 is 8.42 Å². The zero-order valence-electron chi connectivity index (χ0n) is 12.1. The van der Waals surface area contributed by atoms with E-state index < -0.39 is 10.0 Å². The van der Waals surface area contributed by atoms with E-state index in [4.69, 9.17) is 18.0 Å². The Labute approximate surface area is 131 Å². The number of hydrogen-bond donors (Lipinski definition) is 1. The van der Waals surface area contributed by atoms with Crippen molar-refractivity contribution in [2.75, 3.05) is 6.54 Å². The first-order valence-electron chi connectivity index (χ1n) is 7.32. The van der Waals surface area contributed by atoms with Crippen molar-refractivity contribution in [2.45, 2.75) is 43.5 Å². The highest BCUT2D eigenvalue weighted by Crippen LogP contribution is 2.38. The third kappa shape index (κ3) is 3.12. The number of benzene rings is 1. The number of sulfonamides is 1. The summed E-state index contributed by atoms with van der Waals surface area (Å²) in [4.78, 5) is 0.654. The van der Waals surface area contributed by atoms with Gasteiger partial charge in [0.2, 0.25) is 10.0 Å². The molecule has 0 atom stereocenters. The monoisotopic (exact) mass is 324 g/mol. The van der Waals surface area contributed by atoms with Gasteiger partial charge < -0.3 is 5.73 Å². The number of hydrogen-bond acceptors (Lipinski definition) is 3. The normalized spacial score (nSPS) is 19.0. The highest BCUT2D eigenvalue weighted by atomic mass is 32.2. The summed E-state index contributed by atoms with van der Waals surface area (Å²) >= 11 is 4.97. The molecule has 0 spiro atoms. The molecule has 0 heterocycles. The average molecular weight is 324 g/mol. The van der Waals surface area contributed by atoms with E-state index in [1.165, 1.54) is 0 Å². The van der Waals surface area contributed by atoms with Gasteiger partial charge in [0.25, 0.3) is 0 Å². The van der Waals surface area contributed by atoms with Crippen LogP contribution in [-0.4, -0.2) is 30.3 Å². The molecule has 3 rings (SSSR count). The average Bonchev–Trinajstić information content (AvgIpc) is 3.27. The summed E-state index contributed by atoms with van der Waals surface area (Å²) in [6.07, 6.45) is 4.27. The van der Waals surface area contributed by atoms with Crippen LogP contribution >= 0.6 is 12.2 Å². The Balaban J connectivity index is 1.92. The van der Waals surface area contributed by atoms with Crippen LogP contribution in [0.2, 0.25) is 0 Å². The molecule has 2 aliphatic rings. The lowest BCUT2D eigenvalue weighted by Crippen LogP contribution is -2.35. The maximum Gasteiger partial charge on any atom is 0.243 e. The molecule has 114 valence electrons. The van der Waals surface area contributed by atoms with E-state index in [1.54, 1.807) is 22.5 Å². The number of aryl methyl sites for hydroxylation is 1. The van der Waals surface area contributed by atoms with E-state index in [0.29, 0.717) is 22.3 Å². The van der Waals surface area contributed by atoms with Crippen LogP contribution < -0.4 is 5.73 Å². The molecular weight excluding hydrogens is 304 g/mol. The lowest BCUT2D eigenvalue weighted by atomic mass is 10.1. The lowest BCUT2D eigenvalue weighted by molar-refractivity contribution is 0.389. The molecule has 2 fully saturated rings. The second-order valence-electron chi connectivity index (χ2n) is 6.09. The topological polar surface area (TPSA) is 63.4 Å². The van der Waals surface area contributed by atoms with Gasteiger partial charge in [0.15, 0.2) is 0 Å². The van der Waals surface area contributed by atoms with Gasteiger partial charge in [0.05, 0.1) is 4.90 Å². The highest BCUT2D eigenvalue weighted by Gasteiger charge is 2.41. The van der Waals surface area contributed by atoms with E-state index in [2.05, 4.69) is 0 Å². The summed E-state index contributed by atoms with van der Waals surface area (Å²) in [6, 6.07) is 5.23. The summed E-state index contributed by atoms with van der Waals surface area (Å²) in [6.45, 7) is 2.51.